The average Bonchev–Trinajstić information content (AvgIpc) is 2.27. The lowest BCUT2D eigenvalue weighted by Gasteiger charge is -2.27. The predicted molar refractivity (Wildman–Crippen MR) is 57.7 cm³/mol. The van der Waals surface area contributed by atoms with Crippen molar-refractivity contribution in [2.45, 2.75) is 19.8 Å². The van der Waals surface area contributed by atoms with Gasteiger partial charge in [0.15, 0.2) is 12.0 Å². The van der Waals surface area contributed by atoms with Crippen LogP contribution in [0.1, 0.15) is 12.5 Å². The van der Waals surface area contributed by atoms with Crippen LogP contribution < -0.4 is 9.64 Å². The van der Waals surface area contributed by atoms with Crippen LogP contribution in [0.4, 0.5) is 10.5 Å². The minimum Gasteiger partial charge on any atom is -0.465 e. The van der Waals surface area contributed by atoms with Crippen LogP contribution in [0.15, 0.2) is 18.2 Å². The first kappa shape index (κ1) is 10.8. The Morgan fingerprint density at radius 2 is 2.31 bits per heavy atom. The topological polar surface area (TPSA) is 59.0 Å². The molecular weight excluding hydrogens is 210 g/mol. The van der Waals surface area contributed by atoms with Gasteiger partial charge in [0.25, 0.3) is 0 Å². The number of carbonyl (C=O) groups is 1. The van der Waals surface area contributed by atoms with E-state index in [9.17, 15) is 4.79 Å². The molecule has 0 fully saturated rings. The predicted octanol–water partition coefficient (Wildman–Crippen LogP) is 2.06. The Hall–Kier alpha value is -1.75. The maximum Gasteiger partial charge on any atom is 0.411 e. The summed E-state index contributed by atoms with van der Waals surface area (Å²) in [6.45, 7) is 2.22. The van der Waals surface area contributed by atoms with Crippen LogP contribution >= 0.6 is 0 Å². The van der Waals surface area contributed by atoms with E-state index in [0.29, 0.717) is 18.0 Å². The van der Waals surface area contributed by atoms with Crippen molar-refractivity contribution in [3.63, 3.8) is 0 Å². The summed E-state index contributed by atoms with van der Waals surface area (Å²) >= 11 is 0. The number of nitrogens with zero attached hydrogens (tertiary/aromatic N) is 1. The fourth-order valence-corrected chi connectivity index (χ4v) is 1.60. The zero-order valence-corrected chi connectivity index (χ0v) is 9.14. The Bertz CT molecular complexity index is 418. The van der Waals surface area contributed by atoms with Crippen molar-refractivity contribution in [3.05, 3.63) is 23.8 Å². The molecule has 16 heavy (non-hydrogen) atoms. The molecule has 0 saturated carbocycles. The summed E-state index contributed by atoms with van der Waals surface area (Å²) in [6, 6.07) is 5.36. The zero-order valence-electron chi connectivity index (χ0n) is 9.14. The van der Waals surface area contributed by atoms with E-state index in [-0.39, 0.29) is 6.29 Å². The number of anilines is 1. The van der Waals surface area contributed by atoms with Gasteiger partial charge in [0, 0.05) is 12.6 Å². The second-order valence-electron chi connectivity index (χ2n) is 3.60. The fourth-order valence-electron chi connectivity index (χ4n) is 1.60. The van der Waals surface area contributed by atoms with E-state index < -0.39 is 6.09 Å². The van der Waals surface area contributed by atoms with Gasteiger partial charge in [-0.05, 0) is 13.0 Å². The molecule has 1 unspecified atom stereocenters. The van der Waals surface area contributed by atoms with E-state index in [1.54, 1.807) is 19.1 Å². The van der Waals surface area contributed by atoms with Crippen LogP contribution in [0.25, 0.3) is 0 Å². The minimum atomic E-state index is -1.02. The van der Waals surface area contributed by atoms with Crippen LogP contribution in [-0.2, 0) is 11.3 Å². The molecule has 1 aromatic rings. The summed E-state index contributed by atoms with van der Waals surface area (Å²) in [6.07, 6.45) is -1.37. The van der Waals surface area contributed by atoms with E-state index in [0.717, 1.165) is 10.5 Å². The third-order valence-corrected chi connectivity index (χ3v) is 2.48. The second kappa shape index (κ2) is 4.02. The first-order valence-electron chi connectivity index (χ1n) is 4.96. The summed E-state index contributed by atoms with van der Waals surface area (Å²) in [7, 11) is 1.49. The molecule has 1 aliphatic rings. The molecule has 1 N–H and O–H groups in total. The summed E-state index contributed by atoms with van der Waals surface area (Å²) in [5.74, 6) is 0.589. The zero-order chi connectivity index (χ0) is 11.7. The largest absolute Gasteiger partial charge is 0.465 e. The quantitative estimate of drug-likeness (QED) is 0.791. The fraction of sp³-hybridized carbons (Fsp3) is 0.364. The van der Waals surface area contributed by atoms with Gasteiger partial charge in [-0.3, -0.25) is 4.90 Å². The molecule has 0 aromatic heterocycles. The van der Waals surface area contributed by atoms with Gasteiger partial charge in [-0.15, -0.1) is 0 Å². The maximum absolute atomic E-state index is 10.9. The molecule has 1 atom stereocenters. The molecule has 1 amide bonds. The van der Waals surface area contributed by atoms with Crippen molar-refractivity contribution >= 4 is 11.8 Å². The molecule has 0 spiro atoms. The van der Waals surface area contributed by atoms with Gasteiger partial charge in [-0.1, -0.05) is 12.1 Å². The highest BCUT2D eigenvalue weighted by Crippen LogP contribution is 2.35. The first-order chi connectivity index (χ1) is 7.59. The number of benzene rings is 1. The third-order valence-electron chi connectivity index (χ3n) is 2.48. The van der Waals surface area contributed by atoms with Crippen molar-refractivity contribution in [2.75, 3.05) is 11.9 Å². The van der Waals surface area contributed by atoms with Crippen LogP contribution in [0.3, 0.4) is 0 Å². The van der Waals surface area contributed by atoms with Crippen molar-refractivity contribution < 1.29 is 19.4 Å². The lowest BCUT2D eigenvalue weighted by Crippen LogP contribution is -2.28. The van der Waals surface area contributed by atoms with Gasteiger partial charge in [-0.25, -0.2) is 4.79 Å². The molecule has 2 rings (SSSR count). The molecule has 0 saturated heterocycles. The third kappa shape index (κ3) is 1.81. The van der Waals surface area contributed by atoms with Crippen molar-refractivity contribution in [2.24, 2.45) is 0 Å². The molecule has 0 radical (unpaired) electrons. The number of para-hydroxylation sites is 1. The number of ether oxygens (including phenoxy) is 2. The molecule has 0 bridgehead atoms. The van der Waals surface area contributed by atoms with Gasteiger partial charge in [0.1, 0.15) is 0 Å². The van der Waals surface area contributed by atoms with Crippen LogP contribution in [0, 0.1) is 0 Å². The summed E-state index contributed by atoms with van der Waals surface area (Å²) in [5.41, 5.74) is 1.41. The number of amides is 1. The summed E-state index contributed by atoms with van der Waals surface area (Å²) in [5, 5.41) is 8.94. The summed E-state index contributed by atoms with van der Waals surface area (Å²) < 4.78 is 10.8. The Balaban J connectivity index is 2.43. The number of hydrogen-bond acceptors (Lipinski definition) is 3. The lowest BCUT2D eigenvalue weighted by atomic mass is 10.1. The normalized spacial score (nSPS) is 18.5. The Kier molecular flexibility index (Phi) is 2.70. The standard InChI is InChI=1S/C11H13NO4/c1-7-15-6-8-4-3-5-9(10(8)16-7)12(2)11(13)14/h3-5,7H,6H2,1-2H3,(H,13,14). The first-order valence-corrected chi connectivity index (χ1v) is 4.96. The van der Waals surface area contributed by atoms with Gasteiger partial charge in [0.2, 0.25) is 0 Å². The molecular formula is C11H13NO4. The van der Waals surface area contributed by atoms with Crippen molar-refractivity contribution in [1.82, 2.24) is 0 Å². The highest BCUT2D eigenvalue weighted by molar-refractivity contribution is 5.88. The van der Waals surface area contributed by atoms with Gasteiger partial charge in [-0.2, -0.15) is 0 Å². The summed E-state index contributed by atoms with van der Waals surface area (Å²) in [4.78, 5) is 12.0. The van der Waals surface area contributed by atoms with Crippen molar-refractivity contribution in [1.29, 1.82) is 0 Å². The smallest absolute Gasteiger partial charge is 0.411 e. The molecule has 86 valence electrons. The second-order valence-corrected chi connectivity index (χ2v) is 3.60. The number of carboxylic acid groups (broad SMARTS) is 1. The van der Waals surface area contributed by atoms with Gasteiger partial charge >= 0.3 is 6.09 Å². The monoisotopic (exact) mass is 223 g/mol. The molecule has 1 heterocycles. The van der Waals surface area contributed by atoms with E-state index in [1.165, 1.54) is 7.05 Å². The molecule has 5 nitrogen and oxygen atoms in total. The Morgan fingerprint density at radius 3 is 3.00 bits per heavy atom. The van der Waals surface area contributed by atoms with E-state index in [2.05, 4.69) is 0 Å². The van der Waals surface area contributed by atoms with E-state index >= 15 is 0 Å². The Labute approximate surface area is 93.2 Å². The molecule has 5 heteroatoms. The van der Waals surface area contributed by atoms with Crippen molar-refractivity contribution in [3.8, 4) is 5.75 Å². The molecule has 1 aromatic carbocycles. The van der Waals surface area contributed by atoms with E-state index in [4.69, 9.17) is 14.6 Å². The van der Waals surface area contributed by atoms with Crippen LogP contribution in [0.5, 0.6) is 5.75 Å². The minimum absolute atomic E-state index is 0.351. The molecule has 0 aliphatic carbocycles. The van der Waals surface area contributed by atoms with Crippen LogP contribution in [-0.4, -0.2) is 24.5 Å². The van der Waals surface area contributed by atoms with Crippen LogP contribution in [0.2, 0.25) is 0 Å². The van der Waals surface area contributed by atoms with Gasteiger partial charge < -0.3 is 14.6 Å². The highest BCUT2D eigenvalue weighted by atomic mass is 16.7. The SMILES string of the molecule is CC1OCc2cccc(N(C)C(=O)O)c2O1. The number of fused-ring (bicyclic) bond motifs is 1. The highest BCUT2D eigenvalue weighted by Gasteiger charge is 2.22. The molecule has 1 aliphatic heterocycles. The lowest BCUT2D eigenvalue weighted by molar-refractivity contribution is -0.0940. The Morgan fingerprint density at radius 1 is 1.56 bits per heavy atom. The van der Waals surface area contributed by atoms with E-state index in [1.807, 2.05) is 6.07 Å². The number of hydrogen-bond donors (Lipinski definition) is 1. The average molecular weight is 223 g/mol. The van der Waals surface area contributed by atoms with Gasteiger partial charge in [0.05, 0.1) is 12.3 Å². The number of rotatable bonds is 1. The maximum atomic E-state index is 10.9.